The third kappa shape index (κ3) is 19.9. The number of para-hydroxylation sites is 2. The van der Waals surface area contributed by atoms with Crippen molar-refractivity contribution in [3.8, 4) is 11.5 Å². The van der Waals surface area contributed by atoms with Gasteiger partial charge in [0.15, 0.2) is 0 Å². The fourth-order valence-corrected chi connectivity index (χ4v) is 5.34. The number of unbranched alkanes of at least 4 members (excludes halogenated alkanes) is 18. The number of ether oxygens (including phenoxy) is 1. The maximum Gasteiger partial charge on any atom is 1.00 e. The van der Waals surface area contributed by atoms with Crippen molar-refractivity contribution in [3.05, 3.63) is 59.7 Å². The first-order chi connectivity index (χ1) is 18.3. The third-order valence-electron chi connectivity index (χ3n) is 7.76. The second-order valence-electron chi connectivity index (χ2n) is 11.2. The Morgan fingerprint density at radius 3 is 1.03 bits per heavy atom. The Hall–Kier alpha value is 0.240. The Kier molecular flexibility index (Phi) is 28.5. The molecule has 0 fully saturated rings. The minimum Gasteiger partial charge on any atom is -1.00 e. The van der Waals surface area contributed by atoms with Crippen LogP contribution < -0.4 is 63.9 Å². The summed E-state index contributed by atoms with van der Waals surface area (Å²) in [6.07, 6.45) is 29.9. The van der Waals surface area contributed by atoms with Crippen molar-refractivity contribution in [2.24, 2.45) is 0 Å². The average Bonchev–Trinajstić information content (AvgIpc) is 2.92. The summed E-state index contributed by atoms with van der Waals surface area (Å²) in [5, 5.41) is 0. The SMILES string of the molecule is CCCCCCCCCCCCc1ccccc1Oc1ccccc1CCCCCCCCCCCC.[H-].[H-].[Na+].[Na+]. The minimum absolute atomic E-state index is 0. The van der Waals surface area contributed by atoms with Gasteiger partial charge in [0.2, 0.25) is 0 Å². The first-order valence-corrected chi connectivity index (χ1v) is 16.2. The van der Waals surface area contributed by atoms with Crippen molar-refractivity contribution in [1.82, 2.24) is 0 Å². The molecule has 0 heterocycles. The van der Waals surface area contributed by atoms with Gasteiger partial charge < -0.3 is 7.59 Å². The molecule has 2 rings (SSSR count). The molecule has 0 aliphatic carbocycles. The van der Waals surface area contributed by atoms with Gasteiger partial charge in [-0.05, 0) is 48.9 Å². The molecule has 0 aliphatic heterocycles. The van der Waals surface area contributed by atoms with Crippen LogP contribution in [0.1, 0.15) is 156 Å². The number of aryl methyl sites for hydroxylation is 2. The van der Waals surface area contributed by atoms with Crippen molar-refractivity contribution >= 4 is 0 Å². The van der Waals surface area contributed by atoms with Crippen LogP contribution in [-0.4, -0.2) is 0 Å². The predicted octanol–water partition coefficient (Wildman–Crippen LogP) is 6.64. The van der Waals surface area contributed by atoms with Gasteiger partial charge in [-0.3, -0.25) is 0 Å². The standard InChI is InChI=1S/C36H58O.2Na.2H/c1-3-5-7-9-11-13-15-17-19-21-27-33-29-23-25-31-35(33)37-36-32-26-24-30-34(36)28-22-20-18-16-14-12-10-8-6-4-2;;;;/h23-26,29-32H,3-22,27-28H2,1-2H3;;;;/q;2*+1;2*-1. The summed E-state index contributed by atoms with van der Waals surface area (Å²) in [4.78, 5) is 0. The summed E-state index contributed by atoms with van der Waals surface area (Å²) >= 11 is 0. The van der Waals surface area contributed by atoms with E-state index in [9.17, 15) is 0 Å². The Balaban J connectivity index is -0.00000361. The Morgan fingerprint density at radius 2 is 0.692 bits per heavy atom. The molecule has 0 amide bonds. The summed E-state index contributed by atoms with van der Waals surface area (Å²) in [5.41, 5.74) is 2.71. The van der Waals surface area contributed by atoms with E-state index in [1.54, 1.807) is 0 Å². The fourth-order valence-electron chi connectivity index (χ4n) is 5.34. The summed E-state index contributed by atoms with van der Waals surface area (Å²) in [7, 11) is 0. The molecule has 0 saturated carbocycles. The van der Waals surface area contributed by atoms with Gasteiger partial charge in [-0.1, -0.05) is 166 Å². The smallest absolute Gasteiger partial charge is 1.00 e. The molecule has 0 bridgehead atoms. The first kappa shape index (κ1) is 39.2. The molecule has 0 aromatic heterocycles. The largest absolute Gasteiger partial charge is 1.00 e. The van der Waals surface area contributed by atoms with E-state index in [1.165, 1.54) is 140 Å². The molecule has 3 heteroatoms. The normalized spacial score (nSPS) is 10.6. The summed E-state index contributed by atoms with van der Waals surface area (Å²) in [5.74, 6) is 2.10. The zero-order valence-electron chi connectivity index (χ0n) is 28.6. The number of rotatable bonds is 24. The first-order valence-electron chi connectivity index (χ1n) is 16.2. The fraction of sp³-hybridized carbons (Fsp3) is 0.667. The van der Waals surface area contributed by atoms with Gasteiger partial charge in [0.05, 0.1) is 0 Å². The molecule has 0 spiro atoms. The predicted molar refractivity (Wildman–Crippen MR) is 166 cm³/mol. The zero-order valence-corrected chi connectivity index (χ0v) is 30.6. The van der Waals surface area contributed by atoms with Crippen molar-refractivity contribution in [2.45, 2.75) is 155 Å². The van der Waals surface area contributed by atoms with Gasteiger partial charge in [-0.25, -0.2) is 0 Å². The van der Waals surface area contributed by atoms with E-state index in [0.717, 1.165) is 24.3 Å². The van der Waals surface area contributed by atoms with Crippen molar-refractivity contribution in [1.29, 1.82) is 0 Å². The van der Waals surface area contributed by atoms with Crippen LogP contribution >= 0.6 is 0 Å². The van der Waals surface area contributed by atoms with Crippen molar-refractivity contribution < 1.29 is 66.7 Å². The van der Waals surface area contributed by atoms with E-state index in [2.05, 4.69) is 62.4 Å². The van der Waals surface area contributed by atoms with E-state index < -0.39 is 0 Å². The van der Waals surface area contributed by atoms with Crippen molar-refractivity contribution in [3.63, 3.8) is 0 Å². The average molecular weight is 555 g/mol. The Bertz CT molecular complexity index is 737. The van der Waals surface area contributed by atoms with Crippen LogP contribution in [0.3, 0.4) is 0 Å². The van der Waals surface area contributed by atoms with E-state index in [-0.39, 0.29) is 62.0 Å². The summed E-state index contributed by atoms with van der Waals surface area (Å²) < 4.78 is 6.53. The molecule has 2 aromatic carbocycles. The van der Waals surface area contributed by atoms with E-state index >= 15 is 0 Å². The van der Waals surface area contributed by atoms with Crippen LogP contribution in [0.15, 0.2) is 48.5 Å². The number of benzene rings is 2. The van der Waals surface area contributed by atoms with Crippen LogP contribution in [0.4, 0.5) is 0 Å². The molecular formula is C36H60Na2O. The van der Waals surface area contributed by atoms with E-state index in [4.69, 9.17) is 4.74 Å². The van der Waals surface area contributed by atoms with Gasteiger partial charge in [0.1, 0.15) is 11.5 Å². The maximum atomic E-state index is 6.53. The van der Waals surface area contributed by atoms with Crippen molar-refractivity contribution in [2.75, 3.05) is 0 Å². The van der Waals surface area contributed by atoms with Crippen LogP contribution in [0.5, 0.6) is 11.5 Å². The van der Waals surface area contributed by atoms with Gasteiger partial charge in [0, 0.05) is 0 Å². The molecule has 0 aliphatic rings. The Morgan fingerprint density at radius 1 is 0.410 bits per heavy atom. The molecule has 0 atom stereocenters. The van der Waals surface area contributed by atoms with Gasteiger partial charge in [0.25, 0.3) is 0 Å². The third-order valence-corrected chi connectivity index (χ3v) is 7.76. The molecule has 39 heavy (non-hydrogen) atoms. The maximum absolute atomic E-state index is 6.53. The van der Waals surface area contributed by atoms with Gasteiger partial charge in [-0.2, -0.15) is 0 Å². The molecule has 0 radical (unpaired) electrons. The van der Waals surface area contributed by atoms with Crippen LogP contribution in [0.2, 0.25) is 0 Å². The molecule has 2 aromatic rings. The summed E-state index contributed by atoms with van der Waals surface area (Å²) in [6, 6.07) is 17.4. The molecule has 212 valence electrons. The molecule has 0 N–H and O–H groups in total. The molecule has 0 unspecified atom stereocenters. The monoisotopic (exact) mass is 554 g/mol. The minimum atomic E-state index is 0. The van der Waals surface area contributed by atoms with Crippen LogP contribution in [0.25, 0.3) is 0 Å². The molecule has 1 nitrogen and oxygen atoms in total. The van der Waals surface area contributed by atoms with Gasteiger partial charge >= 0.3 is 59.1 Å². The number of hydrogen-bond acceptors (Lipinski definition) is 1. The van der Waals surface area contributed by atoms with E-state index in [1.807, 2.05) is 0 Å². The topological polar surface area (TPSA) is 9.23 Å². The second-order valence-corrected chi connectivity index (χ2v) is 11.2. The van der Waals surface area contributed by atoms with Gasteiger partial charge in [-0.15, -0.1) is 0 Å². The quantitative estimate of drug-likeness (QED) is 0.104. The van der Waals surface area contributed by atoms with E-state index in [0.29, 0.717) is 0 Å². The molecular weight excluding hydrogens is 494 g/mol. The molecule has 0 saturated heterocycles. The summed E-state index contributed by atoms with van der Waals surface area (Å²) in [6.45, 7) is 4.59. The van der Waals surface area contributed by atoms with Crippen LogP contribution in [-0.2, 0) is 12.8 Å². The second kappa shape index (κ2) is 28.4. The Labute approximate surface area is 290 Å². The zero-order chi connectivity index (χ0) is 26.2. The van der Waals surface area contributed by atoms with Crippen LogP contribution in [0, 0.1) is 0 Å². The number of hydrogen-bond donors (Lipinski definition) is 0.